The van der Waals surface area contributed by atoms with Gasteiger partial charge in [0.15, 0.2) is 12.2 Å². The summed E-state index contributed by atoms with van der Waals surface area (Å²) in [7, 11) is 0. The summed E-state index contributed by atoms with van der Waals surface area (Å²) in [5.41, 5.74) is 0.774. The number of ether oxygens (including phenoxy) is 2. The van der Waals surface area contributed by atoms with E-state index in [-0.39, 0.29) is 0 Å². The highest BCUT2D eigenvalue weighted by Crippen LogP contribution is 2.27. The highest BCUT2D eigenvalue weighted by atomic mass is 16.5. The van der Waals surface area contributed by atoms with E-state index in [0.29, 0.717) is 24.3 Å². The van der Waals surface area contributed by atoms with E-state index in [1.165, 1.54) is 0 Å². The summed E-state index contributed by atoms with van der Waals surface area (Å²) in [5.74, 6) is -1.25. The fraction of sp³-hybridized carbons (Fsp3) is 0.579. The Kier molecular flexibility index (Phi) is 8.81. The standard InChI is InChI=1S/C19H28O6/c1-4-6-8-15(18(20)21)24-14-11-10-13(3)17(12-14)25-16(19(22)23)9-7-5-2/h10-12,15-16H,4-9H2,1-3H3,(H,20,21)(H,22,23). The molecule has 1 aromatic carbocycles. The van der Waals surface area contributed by atoms with Gasteiger partial charge in [0, 0.05) is 6.07 Å². The molecule has 0 saturated carbocycles. The molecule has 25 heavy (non-hydrogen) atoms. The molecule has 0 aliphatic rings. The summed E-state index contributed by atoms with van der Waals surface area (Å²) in [6.07, 6.45) is 2.26. The Labute approximate surface area is 148 Å². The molecule has 0 aromatic heterocycles. The quantitative estimate of drug-likeness (QED) is 0.590. The van der Waals surface area contributed by atoms with Gasteiger partial charge in [-0.3, -0.25) is 0 Å². The number of aryl methyl sites for hydroxylation is 1. The predicted octanol–water partition coefficient (Wildman–Crippen LogP) is 4.04. The Morgan fingerprint density at radius 3 is 1.96 bits per heavy atom. The number of carbonyl (C=O) groups is 2. The normalized spacial score (nSPS) is 13.1. The smallest absolute Gasteiger partial charge is 0.344 e. The van der Waals surface area contributed by atoms with Crippen LogP contribution in [0.5, 0.6) is 11.5 Å². The van der Waals surface area contributed by atoms with Crippen LogP contribution < -0.4 is 9.47 Å². The van der Waals surface area contributed by atoms with Gasteiger partial charge in [0.2, 0.25) is 0 Å². The molecular formula is C19H28O6. The van der Waals surface area contributed by atoms with Gasteiger partial charge in [0.1, 0.15) is 11.5 Å². The van der Waals surface area contributed by atoms with Crippen LogP contribution in [0.3, 0.4) is 0 Å². The lowest BCUT2D eigenvalue weighted by Crippen LogP contribution is -2.28. The lowest BCUT2D eigenvalue weighted by molar-refractivity contribution is -0.146. The molecule has 0 bridgehead atoms. The molecule has 6 nitrogen and oxygen atoms in total. The van der Waals surface area contributed by atoms with Gasteiger partial charge in [-0.1, -0.05) is 32.8 Å². The second-order valence-corrected chi connectivity index (χ2v) is 6.10. The second-order valence-electron chi connectivity index (χ2n) is 6.10. The van der Waals surface area contributed by atoms with E-state index in [0.717, 1.165) is 31.2 Å². The highest BCUT2D eigenvalue weighted by Gasteiger charge is 2.22. The number of carboxylic acid groups (broad SMARTS) is 2. The van der Waals surface area contributed by atoms with E-state index in [4.69, 9.17) is 9.47 Å². The van der Waals surface area contributed by atoms with Gasteiger partial charge in [-0.05, 0) is 44.2 Å². The van der Waals surface area contributed by atoms with E-state index < -0.39 is 24.1 Å². The summed E-state index contributed by atoms with van der Waals surface area (Å²) in [4.78, 5) is 22.7. The van der Waals surface area contributed by atoms with Gasteiger partial charge in [0.05, 0.1) is 0 Å². The monoisotopic (exact) mass is 352 g/mol. The largest absolute Gasteiger partial charge is 0.479 e. The third-order valence-corrected chi connectivity index (χ3v) is 3.90. The van der Waals surface area contributed by atoms with Crippen molar-refractivity contribution in [1.29, 1.82) is 0 Å². The van der Waals surface area contributed by atoms with Crippen molar-refractivity contribution in [3.05, 3.63) is 23.8 Å². The van der Waals surface area contributed by atoms with Crippen molar-refractivity contribution in [2.75, 3.05) is 0 Å². The minimum atomic E-state index is -1.01. The van der Waals surface area contributed by atoms with Crippen molar-refractivity contribution in [1.82, 2.24) is 0 Å². The molecule has 0 saturated heterocycles. The van der Waals surface area contributed by atoms with Crippen molar-refractivity contribution in [3.8, 4) is 11.5 Å². The Morgan fingerprint density at radius 1 is 0.960 bits per heavy atom. The molecule has 0 fully saturated rings. The lowest BCUT2D eigenvalue weighted by Gasteiger charge is -2.19. The molecule has 2 unspecified atom stereocenters. The molecule has 0 aliphatic carbocycles. The Balaban J connectivity index is 2.90. The zero-order chi connectivity index (χ0) is 18.8. The molecule has 0 spiro atoms. The van der Waals surface area contributed by atoms with E-state index in [9.17, 15) is 19.8 Å². The summed E-state index contributed by atoms with van der Waals surface area (Å²) in [6.45, 7) is 5.78. The average molecular weight is 352 g/mol. The van der Waals surface area contributed by atoms with Crippen molar-refractivity contribution in [2.24, 2.45) is 0 Å². The molecule has 0 amide bonds. The fourth-order valence-electron chi connectivity index (χ4n) is 2.34. The maximum Gasteiger partial charge on any atom is 0.344 e. The third kappa shape index (κ3) is 7.03. The van der Waals surface area contributed by atoms with Crippen molar-refractivity contribution in [2.45, 2.75) is 71.5 Å². The Bertz CT molecular complexity index is 569. The summed E-state index contributed by atoms with van der Waals surface area (Å²) < 4.78 is 11.2. The Hall–Kier alpha value is -2.24. The molecule has 1 aromatic rings. The first-order valence-corrected chi connectivity index (χ1v) is 8.78. The number of carboxylic acids is 2. The molecule has 2 N–H and O–H groups in total. The van der Waals surface area contributed by atoms with Gasteiger partial charge in [-0.25, -0.2) is 9.59 Å². The topological polar surface area (TPSA) is 93.1 Å². The zero-order valence-corrected chi connectivity index (χ0v) is 15.2. The van der Waals surface area contributed by atoms with E-state index in [1.807, 2.05) is 20.8 Å². The predicted molar refractivity (Wildman–Crippen MR) is 94.3 cm³/mol. The number of hydrogen-bond donors (Lipinski definition) is 2. The summed E-state index contributed by atoms with van der Waals surface area (Å²) in [6, 6.07) is 4.98. The van der Waals surface area contributed by atoms with Crippen LogP contribution in [0.25, 0.3) is 0 Å². The minimum Gasteiger partial charge on any atom is -0.479 e. The SMILES string of the molecule is CCCCC(Oc1ccc(C)c(OC(CCCC)C(=O)O)c1)C(=O)O. The molecule has 2 atom stereocenters. The maximum atomic E-state index is 11.4. The van der Waals surface area contributed by atoms with Gasteiger partial charge < -0.3 is 19.7 Å². The number of hydrogen-bond acceptors (Lipinski definition) is 4. The molecule has 140 valence electrons. The van der Waals surface area contributed by atoms with Crippen LogP contribution in [-0.2, 0) is 9.59 Å². The van der Waals surface area contributed by atoms with Crippen LogP contribution in [0.4, 0.5) is 0 Å². The number of rotatable bonds is 12. The van der Waals surface area contributed by atoms with Crippen LogP contribution in [-0.4, -0.2) is 34.4 Å². The molecule has 0 heterocycles. The number of aliphatic carboxylic acids is 2. The summed E-state index contributed by atoms with van der Waals surface area (Å²) >= 11 is 0. The fourth-order valence-corrected chi connectivity index (χ4v) is 2.34. The summed E-state index contributed by atoms with van der Waals surface area (Å²) in [5, 5.41) is 18.6. The van der Waals surface area contributed by atoms with E-state index in [1.54, 1.807) is 18.2 Å². The van der Waals surface area contributed by atoms with E-state index in [2.05, 4.69) is 0 Å². The number of unbranched alkanes of at least 4 members (excludes halogenated alkanes) is 2. The first-order chi connectivity index (χ1) is 11.9. The highest BCUT2D eigenvalue weighted by molar-refractivity contribution is 5.73. The molecule has 1 rings (SSSR count). The molecule has 6 heteroatoms. The van der Waals surface area contributed by atoms with Crippen LogP contribution >= 0.6 is 0 Å². The van der Waals surface area contributed by atoms with Gasteiger partial charge in [-0.15, -0.1) is 0 Å². The first-order valence-electron chi connectivity index (χ1n) is 8.78. The van der Waals surface area contributed by atoms with Crippen molar-refractivity contribution in [3.63, 3.8) is 0 Å². The lowest BCUT2D eigenvalue weighted by atomic mass is 10.1. The van der Waals surface area contributed by atoms with Crippen LogP contribution in [0.2, 0.25) is 0 Å². The Morgan fingerprint density at radius 2 is 1.48 bits per heavy atom. The van der Waals surface area contributed by atoms with Crippen LogP contribution in [0.1, 0.15) is 57.9 Å². The average Bonchev–Trinajstić information content (AvgIpc) is 2.57. The second kappa shape index (κ2) is 10.6. The van der Waals surface area contributed by atoms with Crippen LogP contribution in [0, 0.1) is 6.92 Å². The first kappa shape index (κ1) is 20.8. The van der Waals surface area contributed by atoms with Crippen molar-refractivity contribution >= 4 is 11.9 Å². The van der Waals surface area contributed by atoms with Crippen LogP contribution in [0.15, 0.2) is 18.2 Å². The minimum absolute atomic E-state index is 0.365. The number of benzene rings is 1. The van der Waals surface area contributed by atoms with Gasteiger partial charge in [-0.2, -0.15) is 0 Å². The van der Waals surface area contributed by atoms with E-state index >= 15 is 0 Å². The maximum absolute atomic E-state index is 11.4. The molecule has 0 radical (unpaired) electrons. The van der Waals surface area contributed by atoms with Gasteiger partial charge in [0.25, 0.3) is 0 Å². The van der Waals surface area contributed by atoms with Gasteiger partial charge >= 0.3 is 11.9 Å². The molecule has 0 aliphatic heterocycles. The third-order valence-electron chi connectivity index (χ3n) is 3.90. The zero-order valence-electron chi connectivity index (χ0n) is 15.2. The van der Waals surface area contributed by atoms with Crippen molar-refractivity contribution < 1.29 is 29.3 Å². The molecular weight excluding hydrogens is 324 g/mol.